The van der Waals surface area contributed by atoms with Crippen LogP contribution >= 0.6 is 0 Å². The fourth-order valence-corrected chi connectivity index (χ4v) is 5.98. The largest absolute Gasteiger partial charge is 0.330 e. The molecule has 3 atom stereocenters. The number of hydrogen-bond acceptors (Lipinski definition) is 5. The van der Waals surface area contributed by atoms with Gasteiger partial charge in [-0.15, -0.1) is 0 Å². The molecule has 2 N–H and O–H groups in total. The lowest BCUT2D eigenvalue weighted by Crippen LogP contribution is -2.60. The third-order valence-electron chi connectivity index (χ3n) is 7.97. The monoisotopic (exact) mass is 504 g/mol. The lowest BCUT2D eigenvalue weighted by atomic mass is 10.00. The Morgan fingerprint density at radius 3 is 2.73 bits per heavy atom. The third-order valence-corrected chi connectivity index (χ3v) is 7.97. The number of fused-ring (bicyclic) bond motifs is 2. The molecule has 0 aliphatic carbocycles. The SMILES string of the molecule is C.CC1c2[nH]nc(NC(=O)c3nccn3C)c2CN1C(=O)N1C[C@@H]2CCCN2C[C@@H]1Cc1ccccc1. The van der Waals surface area contributed by atoms with Crippen LogP contribution in [0, 0.1) is 0 Å². The Bertz CT molecular complexity index is 1270. The number of aryl methyl sites for hydroxylation is 1. The number of aromatic nitrogens is 4. The third kappa shape index (κ3) is 4.50. The van der Waals surface area contributed by atoms with E-state index in [0.717, 1.165) is 43.7 Å². The van der Waals surface area contributed by atoms with Crippen LogP contribution in [0.15, 0.2) is 42.7 Å². The van der Waals surface area contributed by atoms with Crippen molar-refractivity contribution >= 4 is 17.8 Å². The molecule has 5 heterocycles. The summed E-state index contributed by atoms with van der Waals surface area (Å²) in [6.07, 6.45) is 6.49. The Labute approximate surface area is 217 Å². The number of aromatic amines is 1. The van der Waals surface area contributed by atoms with Crippen LogP contribution in [-0.2, 0) is 20.0 Å². The highest BCUT2D eigenvalue weighted by Crippen LogP contribution is 2.38. The van der Waals surface area contributed by atoms with Crippen molar-refractivity contribution in [1.82, 2.24) is 34.4 Å². The van der Waals surface area contributed by atoms with Gasteiger partial charge >= 0.3 is 6.03 Å². The van der Waals surface area contributed by atoms with E-state index in [4.69, 9.17) is 0 Å². The molecule has 3 aliphatic rings. The number of carbonyl (C=O) groups excluding carboxylic acids is 2. The summed E-state index contributed by atoms with van der Waals surface area (Å²) in [5, 5.41) is 10.3. The summed E-state index contributed by atoms with van der Waals surface area (Å²) in [7, 11) is 1.77. The van der Waals surface area contributed by atoms with Gasteiger partial charge in [0.25, 0.3) is 5.91 Å². The van der Waals surface area contributed by atoms with Crippen LogP contribution in [0.25, 0.3) is 0 Å². The number of carbonyl (C=O) groups is 2. The Kier molecular flexibility index (Phi) is 6.76. The summed E-state index contributed by atoms with van der Waals surface area (Å²) in [5.41, 5.74) is 2.98. The maximum absolute atomic E-state index is 14.0. The zero-order chi connectivity index (χ0) is 24.8. The van der Waals surface area contributed by atoms with Crippen LogP contribution in [0.1, 0.15) is 60.7 Å². The molecule has 1 aromatic carbocycles. The molecule has 0 spiro atoms. The molecule has 10 nitrogen and oxygen atoms in total. The van der Waals surface area contributed by atoms with Crippen LogP contribution in [0.4, 0.5) is 10.6 Å². The minimum Gasteiger partial charge on any atom is -0.330 e. The van der Waals surface area contributed by atoms with Crippen molar-refractivity contribution in [3.8, 4) is 0 Å². The Balaban J connectivity index is 0.00000280. The number of nitrogens with one attached hydrogen (secondary N) is 2. The second-order valence-electron chi connectivity index (χ2n) is 10.2. The maximum Gasteiger partial charge on any atom is 0.321 e. The molecule has 3 amide bonds. The van der Waals surface area contributed by atoms with Gasteiger partial charge in [0.05, 0.1) is 24.3 Å². The summed E-state index contributed by atoms with van der Waals surface area (Å²) in [4.78, 5) is 37.4. The van der Waals surface area contributed by atoms with Crippen molar-refractivity contribution in [2.45, 2.75) is 58.3 Å². The van der Waals surface area contributed by atoms with Gasteiger partial charge in [0.2, 0.25) is 0 Å². The summed E-state index contributed by atoms with van der Waals surface area (Å²) in [6.45, 7) is 5.21. The number of urea groups is 1. The average Bonchev–Trinajstić information content (AvgIpc) is 3.66. The number of amides is 3. The fourth-order valence-electron chi connectivity index (χ4n) is 5.98. The van der Waals surface area contributed by atoms with E-state index >= 15 is 0 Å². The lowest BCUT2D eigenvalue weighted by Gasteiger charge is -2.45. The number of rotatable bonds is 4. The molecule has 0 saturated carbocycles. The number of nitrogens with zero attached hydrogens (tertiary/aromatic N) is 6. The van der Waals surface area contributed by atoms with E-state index in [2.05, 4.69) is 54.6 Å². The Morgan fingerprint density at radius 1 is 1.16 bits per heavy atom. The van der Waals surface area contributed by atoms with E-state index in [1.54, 1.807) is 24.0 Å². The molecule has 37 heavy (non-hydrogen) atoms. The molecule has 6 rings (SSSR count). The van der Waals surface area contributed by atoms with Crippen molar-refractivity contribution in [2.24, 2.45) is 7.05 Å². The second kappa shape index (κ2) is 10.0. The number of anilines is 1. The molecule has 2 fully saturated rings. The molecular formula is C27H36N8O2. The molecule has 0 bridgehead atoms. The van der Waals surface area contributed by atoms with Gasteiger partial charge in [-0.2, -0.15) is 5.10 Å². The van der Waals surface area contributed by atoms with Gasteiger partial charge in [-0.1, -0.05) is 37.8 Å². The zero-order valence-corrected chi connectivity index (χ0v) is 20.7. The van der Waals surface area contributed by atoms with E-state index in [1.165, 1.54) is 12.0 Å². The van der Waals surface area contributed by atoms with Crippen molar-refractivity contribution in [3.63, 3.8) is 0 Å². The average molecular weight is 505 g/mol. The molecule has 3 aliphatic heterocycles. The van der Waals surface area contributed by atoms with Gasteiger partial charge in [0, 0.05) is 44.1 Å². The number of hydrogen-bond donors (Lipinski definition) is 2. The summed E-state index contributed by atoms with van der Waals surface area (Å²) >= 11 is 0. The van der Waals surface area contributed by atoms with Gasteiger partial charge in [0.1, 0.15) is 0 Å². The minimum atomic E-state index is -0.325. The first-order valence-electron chi connectivity index (χ1n) is 12.7. The first-order chi connectivity index (χ1) is 17.5. The van der Waals surface area contributed by atoms with Crippen molar-refractivity contribution < 1.29 is 9.59 Å². The van der Waals surface area contributed by atoms with Crippen molar-refractivity contribution in [3.05, 3.63) is 65.4 Å². The van der Waals surface area contributed by atoms with Crippen LogP contribution in [-0.4, -0.2) is 78.1 Å². The molecule has 3 aromatic rings. The van der Waals surface area contributed by atoms with Gasteiger partial charge in [-0.05, 0) is 38.3 Å². The number of piperazine rings is 1. The topological polar surface area (TPSA) is 102 Å². The highest BCUT2D eigenvalue weighted by molar-refractivity contribution is 6.01. The quantitative estimate of drug-likeness (QED) is 0.567. The number of H-pyrrole nitrogens is 1. The molecule has 196 valence electrons. The van der Waals surface area contributed by atoms with E-state index in [0.29, 0.717) is 24.2 Å². The zero-order valence-electron chi connectivity index (χ0n) is 20.7. The van der Waals surface area contributed by atoms with Gasteiger partial charge in [-0.25, -0.2) is 9.78 Å². The van der Waals surface area contributed by atoms with Crippen LogP contribution in [0.2, 0.25) is 0 Å². The summed E-state index contributed by atoms with van der Waals surface area (Å²) in [5.74, 6) is 0.444. The van der Waals surface area contributed by atoms with Gasteiger partial charge < -0.3 is 19.7 Å². The number of imidazole rings is 1. The molecular weight excluding hydrogens is 468 g/mol. The normalized spacial score (nSPS) is 22.9. The van der Waals surface area contributed by atoms with Crippen molar-refractivity contribution in [1.29, 1.82) is 0 Å². The van der Waals surface area contributed by atoms with E-state index in [-0.39, 0.29) is 31.4 Å². The molecule has 1 unspecified atom stereocenters. The minimum absolute atomic E-state index is 0. The van der Waals surface area contributed by atoms with E-state index in [1.807, 2.05) is 17.9 Å². The standard InChI is InChI=1S/C26H32N8O2.CH4/c1-17-22-21(23(30-29-22)28-25(35)24-27-10-12-31(24)2)16-33(17)26(36)34-15-19-9-6-11-32(19)14-20(34)13-18-7-4-3-5-8-18;/h3-5,7-8,10,12,17,19-20H,6,9,11,13-16H2,1-2H3,(H2,28,29,30,35);1H4/t17?,19-,20-;/m0./s1. The fraction of sp³-hybridized carbons (Fsp3) is 0.481. The van der Waals surface area contributed by atoms with E-state index < -0.39 is 0 Å². The van der Waals surface area contributed by atoms with Gasteiger partial charge in [-0.3, -0.25) is 14.8 Å². The molecule has 0 radical (unpaired) electrons. The van der Waals surface area contributed by atoms with E-state index in [9.17, 15) is 9.59 Å². The Morgan fingerprint density at radius 2 is 1.97 bits per heavy atom. The Hall–Kier alpha value is -3.66. The van der Waals surface area contributed by atoms with Gasteiger partial charge in [0.15, 0.2) is 11.6 Å². The predicted octanol–water partition coefficient (Wildman–Crippen LogP) is 3.42. The smallest absolute Gasteiger partial charge is 0.321 e. The second-order valence-corrected chi connectivity index (χ2v) is 10.2. The van der Waals surface area contributed by atoms with Crippen LogP contribution < -0.4 is 5.32 Å². The first kappa shape index (κ1) is 25.0. The maximum atomic E-state index is 14.0. The lowest BCUT2D eigenvalue weighted by molar-refractivity contribution is 0.0517. The number of benzene rings is 1. The molecule has 10 heteroatoms. The predicted molar refractivity (Wildman–Crippen MR) is 141 cm³/mol. The highest BCUT2D eigenvalue weighted by Gasteiger charge is 2.43. The first-order valence-corrected chi connectivity index (χ1v) is 12.7. The van der Waals surface area contributed by atoms with Crippen LogP contribution in [0.3, 0.4) is 0 Å². The molecule has 2 aromatic heterocycles. The van der Waals surface area contributed by atoms with Crippen molar-refractivity contribution in [2.75, 3.05) is 25.0 Å². The molecule has 2 saturated heterocycles. The summed E-state index contributed by atoms with van der Waals surface area (Å²) < 4.78 is 1.66. The summed E-state index contributed by atoms with van der Waals surface area (Å²) in [6, 6.07) is 10.9. The highest BCUT2D eigenvalue weighted by atomic mass is 16.2. The van der Waals surface area contributed by atoms with Crippen LogP contribution in [0.5, 0.6) is 0 Å².